The Hall–Kier alpha value is -3.26. The quantitative estimate of drug-likeness (QED) is 0.574. The molecule has 1 aliphatic carbocycles. The summed E-state index contributed by atoms with van der Waals surface area (Å²) in [5.41, 5.74) is 2.89. The number of hydrogen-bond donors (Lipinski definition) is 1. The molecule has 0 bridgehead atoms. The predicted octanol–water partition coefficient (Wildman–Crippen LogP) is 3.91. The molecule has 6 nitrogen and oxygen atoms in total. The van der Waals surface area contributed by atoms with Gasteiger partial charge in [-0.1, -0.05) is 6.07 Å². The summed E-state index contributed by atoms with van der Waals surface area (Å²) in [4.78, 5) is 47.3. The van der Waals surface area contributed by atoms with E-state index in [1.54, 1.807) is 23.5 Å². The number of nitrogens with zero attached hydrogens (tertiary/aromatic N) is 2. The van der Waals surface area contributed by atoms with Gasteiger partial charge in [0, 0.05) is 29.2 Å². The molecule has 1 aliphatic rings. The minimum Gasteiger partial charge on any atom is -0.351 e. The highest BCUT2D eigenvalue weighted by Gasteiger charge is 2.43. The fourth-order valence-electron chi connectivity index (χ4n) is 4.25. The molecule has 0 saturated heterocycles. The van der Waals surface area contributed by atoms with Crippen LogP contribution in [0.25, 0.3) is 11.4 Å². The lowest BCUT2D eigenvalue weighted by molar-refractivity contribution is -0.128. The zero-order valence-electron chi connectivity index (χ0n) is 17.7. The zero-order chi connectivity index (χ0) is 22.8. The van der Waals surface area contributed by atoms with Crippen LogP contribution in [0.1, 0.15) is 40.3 Å². The molecular weight excluding hydrogens is 429 g/mol. The third kappa shape index (κ3) is 4.50. The van der Waals surface area contributed by atoms with Gasteiger partial charge in [0.15, 0.2) is 17.4 Å². The van der Waals surface area contributed by atoms with Crippen LogP contribution < -0.4 is 5.32 Å². The molecule has 32 heavy (non-hydrogen) atoms. The van der Waals surface area contributed by atoms with Crippen LogP contribution in [0.2, 0.25) is 0 Å². The average molecular weight is 452 g/mol. The van der Waals surface area contributed by atoms with E-state index in [0.29, 0.717) is 23.5 Å². The van der Waals surface area contributed by atoms with E-state index < -0.39 is 17.7 Å². The first-order valence-electron chi connectivity index (χ1n) is 10.3. The van der Waals surface area contributed by atoms with Gasteiger partial charge in [0.1, 0.15) is 11.7 Å². The summed E-state index contributed by atoms with van der Waals surface area (Å²) in [6.45, 7) is 4.08. The molecule has 0 aliphatic heterocycles. The van der Waals surface area contributed by atoms with Gasteiger partial charge in [-0.2, -0.15) is 0 Å². The van der Waals surface area contributed by atoms with Crippen LogP contribution in [-0.2, 0) is 20.9 Å². The van der Waals surface area contributed by atoms with E-state index in [9.17, 15) is 18.8 Å². The third-order valence-corrected chi connectivity index (χ3v) is 6.57. The second-order valence-electron chi connectivity index (χ2n) is 8.01. The lowest BCUT2D eigenvalue weighted by atomic mass is 9.86. The second-order valence-corrected chi connectivity index (χ2v) is 9.04. The number of aryl methyl sites for hydroxylation is 2. The van der Waals surface area contributed by atoms with Gasteiger partial charge in [0.05, 0.1) is 18.9 Å². The average Bonchev–Trinajstić information content (AvgIpc) is 3.36. The van der Waals surface area contributed by atoms with E-state index in [-0.39, 0.29) is 30.3 Å². The maximum absolute atomic E-state index is 13.1. The summed E-state index contributed by atoms with van der Waals surface area (Å²) in [5.74, 6) is -2.24. The van der Waals surface area contributed by atoms with E-state index in [4.69, 9.17) is 0 Å². The highest BCUT2D eigenvalue weighted by molar-refractivity contribution is 7.09. The fourth-order valence-corrected chi connectivity index (χ4v) is 4.89. The van der Waals surface area contributed by atoms with Gasteiger partial charge in [-0.3, -0.25) is 14.4 Å². The monoisotopic (exact) mass is 451 g/mol. The van der Waals surface area contributed by atoms with Crippen LogP contribution in [0, 0.1) is 25.6 Å². The molecule has 1 aromatic carbocycles. The number of Topliss-reactive ketones (excluding diaryl/α,β-unsaturated/α-hetero) is 2. The Morgan fingerprint density at radius 1 is 1.19 bits per heavy atom. The van der Waals surface area contributed by atoms with Crippen LogP contribution >= 0.6 is 11.3 Å². The van der Waals surface area contributed by atoms with Crippen molar-refractivity contribution in [2.75, 3.05) is 0 Å². The number of aromatic nitrogens is 2. The molecular formula is C24H22FN3O3S. The molecule has 164 valence electrons. The van der Waals surface area contributed by atoms with Crippen LogP contribution in [0.5, 0.6) is 0 Å². The highest BCUT2D eigenvalue weighted by Crippen LogP contribution is 2.38. The minimum atomic E-state index is -0.867. The largest absolute Gasteiger partial charge is 0.351 e. The number of amides is 1. The maximum Gasteiger partial charge on any atom is 0.221 e. The van der Waals surface area contributed by atoms with Crippen molar-refractivity contribution in [3.8, 4) is 11.4 Å². The number of thiophene rings is 1. The molecule has 2 heterocycles. The van der Waals surface area contributed by atoms with Crippen LogP contribution in [0.4, 0.5) is 4.39 Å². The molecule has 8 heteroatoms. The number of ketones is 2. The summed E-state index contributed by atoms with van der Waals surface area (Å²) in [7, 11) is 0. The molecule has 1 fully saturated rings. The van der Waals surface area contributed by atoms with Crippen molar-refractivity contribution < 1.29 is 18.8 Å². The van der Waals surface area contributed by atoms with Crippen molar-refractivity contribution in [3.05, 3.63) is 69.4 Å². The van der Waals surface area contributed by atoms with E-state index in [0.717, 1.165) is 28.4 Å². The topological polar surface area (TPSA) is 89.0 Å². The smallest absolute Gasteiger partial charge is 0.221 e. The third-order valence-electron chi connectivity index (χ3n) is 5.69. The number of halogens is 1. The molecule has 1 amide bonds. The fraction of sp³-hybridized carbons (Fsp3) is 0.292. The van der Waals surface area contributed by atoms with Crippen molar-refractivity contribution in [1.29, 1.82) is 0 Å². The van der Waals surface area contributed by atoms with Crippen LogP contribution in [-0.4, -0.2) is 27.4 Å². The Labute approximate surface area is 188 Å². The Kier molecular flexibility index (Phi) is 6.23. The molecule has 2 aromatic heterocycles. The number of benzene rings is 1. The molecule has 0 spiro atoms. The van der Waals surface area contributed by atoms with Gasteiger partial charge in [-0.25, -0.2) is 14.4 Å². The van der Waals surface area contributed by atoms with Gasteiger partial charge >= 0.3 is 0 Å². The molecule has 3 aromatic rings. The summed E-state index contributed by atoms with van der Waals surface area (Å²) in [6, 6.07) is 7.44. The lowest BCUT2D eigenvalue weighted by Gasteiger charge is -2.17. The van der Waals surface area contributed by atoms with Crippen molar-refractivity contribution in [2.24, 2.45) is 5.92 Å². The first kappa shape index (κ1) is 22.0. The summed E-state index contributed by atoms with van der Waals surface area (Å²) in [5, 5.41) is 4.76. The Morgan fingerprint density at radius 3 is 2.50 bits per heavy atom. The summed E-state index contributed by atoms with van der Waals surface area (Å²) in [6.07, 6.45) is 2.27. The maximum atomic E-state index is 13.1. The van der Waals surface area contributed by atoms with Crippen LogP contribution in [0.15, 0.2) is 42.0 Å². The molecule has 1 saturated carbocycles. The van der Waals surface area contributed by atoms with E-state index in [2.05, 4.69) is 15.3 Å². The van der Waals surface area contributed by atoms with Crippen LogP contribution in [0.3, 0.4) is 0 Å². The van der Waals surface area contributed by atoms with Gasteiger partial charge in [0.2, 0.25) is 5.91 Å². The second kappa shape index (κ2) is 9.08. The van der Waals surface area contributed by atoms with Gasteiger partial charge in [-0.15, -0.1) is 11.3 Å². The highest BCUT2D eigenvalue weighted by atomic mass is 32.1. The first-order valence-corrected chi connectivity index (χ1v) is 11.2. The van der Waals surface area contributed by atoms with Gasteiger partial charge in [0.25, 0.3) is 0 Å². The number of nitrogens with one attached hydrogen (secondary N) is 1. The van der Waals surface area contributed by atoms with Crippen molar-refractivity contribution in [1.82, 2.24) is 15.3 Å². The minimum absolute atomic E-state index is 0.00600. The molecule has 2 atom stereocenters. The van der Waals surface area contributed by atoms with Crippen molar-refractivity contribution in [3.63, 3.8) is 0 Å². The number of carbonyl (C=O) groups is 3. The standard InChI is InChI=1S/C24H22FN3O3S/c1-13-6-16(24-27-10-17(25)11-28-24)7-14(2)21(13)22-19(29)8-15(23(22)31)9-20(30)26-12-18-4-3-5-32-18/h3-7,10-11,15,22H,8-9,12H2,1-2H3,(H,26,30). The number of rotatable bonds is 6. The van der Waals surface area contributed by atoms with E-state index >= 15 is 0 Å². The Balaban J connectivity index is 1.50. The molecule has 0 radical (unpaired) electrons. The normalized spacial score (nSPS) is 18.2. The molecule has 4 rings (SSSR count). The Bertz CT molecular complexity index is 1150. The van der Waals surface area contributed by atoms with Crippen molar-refractivity contribution in [2.45, 2.75) is 39.2 Å². The first-order chi connectivity index (χ1) is 15.3. The van der Waals surface area contributed by atoms with Gasteiger partial charge < -0.3 is 5.32 Å². The molecule has 1 N–H and O–H groups in total. The van der Waals surface area contributed by atoms with Crippen molar-refractivity contribution >= 4 is 28.8 Å². The van der Waals surface area contributed by atoms with E-state index in [1.807, 2.05) is 31.4 Å². The van der Waals surface area contributed by atoms with Gasteiger partial charge in [-0.05, 0) is 54.1 Å². The van der Waals surface area contributed by atoms with E-state index in [1.165, 1.54) is 0 Å². The number of carbonyl (C=O) groups excluding carboxylic acids is 3. The zero-order valence-corrected chi connectivity index (χ0v) is 18.5. The number of hydrogen-bond acceptors (Lipinski definition) is 6. The SMILES string of the molecule is Cc1cc(-c2ncc(F)cn2)cc(C)c1C1C(=O)CC(CC(=O)NCc2cccs2)C1=O. The molecule has 2 unspecified atom stereocenters. The summed E-state index contributed by atoms with van der Waals surface area (Å²) < 4.78 is 13.1. The Morgan fingerprint density at radius 2 is 1.88 bits per heavy atom. The summed E-state index contributed by atoms with van der Waals surface area (Å²) >= 11 is 1.55. The predicted molar refractivity (Wildman–Crippen MR) is 119 cm³/mol. The lowest BCUT2D eigenvalue weighted by Crippen LogP contribution is -2.27.